The number of amides is 1. The summed E-state index contributed by atoms with van der Waals surface area (Å²) < 4.78 is 65.3. The number of nitrogens with two attached hydrogens (primary N) is 2. The topological polar surface area (TPSA) is 132 Å². The molecule has 0 heterocycles. The molecule has 0 bridgehead atoms. The summed E-state index contributed by atoms with van der Waals surface area (Å²) in [6.45, 7) is -3.17. The van der Waals surface area contributed by atoms with Gasteiger partial charge in [0, 0.05) is 5.56 Å². The molecule has 0 fully saturated rings. The average molecular weight is 446 g/mol. The normalized spacial score (nSPS) is 11.7. The van der Waals surface area contributed by atoms with Crippen molar-refractivity contribution >= 4 is 17.3 Å². The van der Waals surface area contributed by atoms with E-state index >= 15 is 0 Å². The highest BCUT2D eigenvalue weighted by Crippen LogP contribution is 2.38. The zero-order valence-electron chi connectivity index (χ0n) is 16.4. The van der Waals surface area contributed by atoms with Gasteiger partial charge in [0.1, 0.15) is 23.8 Å². The van der Waals surface area contributed by atoms with Gasteiger partial charge in [-0.3, -0.25) is 15.5 Å². The number of methoxy groups -OCH3 is 1. The van der Waals surface area contributed by atoms with E-state index in [-0.39, 0.29) is 29.3 Å². The summed E-state index contributed by atoms with van der Waals surface area (Å²) in [4.78, 5) is 11.6. The summed E-state index contributed by atoms with van der Waals surface area (Å²) in [5.74, 6) is -9.46. The second-order valence-electron chi connectivity index (χ2n) is 6.48. The highest BCUT2D eigenvalue weighted by atomic mass is 19.3. The summed E-state index contributed by atoms with van der Waals surface area (Å²) >= 11 is 0. The molecule has 0 atom stereocenters. The van der Waals surface area contributed by atoms with Crippen LogP contribution in [-0.4, -0.2) is 43.2 Å². The van der Waals surface area contributed by atoms with Gasteiger partial charge in [0.25, 0.3) is 0 Å². The van der Waals surface area contributed by atoms with Gasteiger partial charge in [-0.15, -0.1) is 0 Å². The number of halogens is 4. The second-order valence-corrected chi connectivity index (χ2v) is 6.48. The zero-order valence-corrected chi connectivity index (χ0v) is 16.4. The van der Waals surface area contributed by atoms with Crippen molar-refractivity contribution in [3.8, 4) is 11.5 Å². The molecule has 0 aliphatic carbocycles. The Bertz CT molecular complexity index is 911. The van der Waals surface area contributed by atoms with E-state index in [4.69, 9.17) is 20.9 Å². The number of hydrogen-bond acceptors (Lipinski definition) is 7. The Morgan fingerprint density at radius 3 is 2.29 bits per heavy atom. The van der Waals surface area contributed by atoms with Crippen LogP contribution in [0.4, 0.5) is 28.9 Å². The Morgan fingerprint density at radius 1 is 1.13 bits per heavy atom. The number of ether oxygens (including phenoxy) is 2. The molecule has 31 heavy (non-hydrogen) atoms. The minimum Gasteiger partial charge on any atom is -0.497 e. The monoisotopic (exact) mass is 446 g/mol. The molecule has 8 nitrogen and oxygen atoms in total. The van der Waals surface area contributed by atoms with Crippen molar-refractivity contribution < 1.29 is 37.0 Å². The molecular weight excluding hydrogens is 424 g/mol. The SMILES string of the molecule is COc1ccc(COc2cc(C(N)=O)cc(NO)c2NCC(F)(F)C(F)(F)CN)cc1. The van der Waals surface area contributed by atoms with E-state index in [2.05, 4.69) is 5.32 Å². The standard InChI is InChI=1S/C19H22F4N4O4/c1-30-13-4-2-11(3-5-13)8-31-15-7-12(17(25)28)6-14(27-29)16(15)26-10-19(22,23)18(20,21)9-24/h2-7,26-27,29H,8-10,24H2,1H3,(H2,25,28). The fraction of sp³-hybridized carbons (Fsp3) is 0.316. The Morgan fingerprint density at radius 2 is 1.77 bits per heavy atom. The highest BCUT2D eigenvalue weighted by molar-refractivity contribution is 5.96. The van der Waals surface area contributed by atoms with E-state index < -0.39 is 30.8 Å². The molecule has 0 aromatic heterocycles. The van der Waals surface area contributed by atoms with E-state index in [1.54, 1.807) is 29.7 Å². The van der Waals surface area contributed by atoms with Gasteiger partial charge < -0.3 is 26.3 Å². The summed E-state index contributed by atoms with van der Waals surface area (Å²) in [6, 6.07) is 8.84. The second kappa shape index (κ2) is 9.71. The zero-order chi connectivity index (χ0) is 23.2. The number of alkyl halides is 4. The first kappa shape index (κ1) is 24.0. The van der Waals surface area contributed by atoms with Gasteiger partial charge in [0.05, 0.1) is 25.9 Å². The number of benzene rings is 2. The van der Waals surface area contributed by atoms with E-state index in [0.29, 0.717) is 11.3 Å². The summed E-state index contributed by atoms with van der Waals surface area (Å²) in [7, 11) is 1.49. The predicted molar refractivity (Wildman–Crippen MR) is 105 cm³/mol. The number of primary amides is 1. The van der Waals surface area contributed by atoms with Gasteiger partial charge in [-0.2, -0.15) is 17.6 Å². The first-order valence-corrected chi connectivity index (χ1v) is 8.88. The number of rotatable bonds is 11. The van der Waals surface area contributed by atoms with Gasteiger partial charge in [0.2, 0.25) is 5.91 Å². The van der Waals surface area contributed by atoms with Crippen molar-refractivity contribution in [2.75, 3.05) is 31.0 Å². The van der Waals surface area contributed by atoms with Crippen molar-refractivity contribution in [1.82, 2.24) is 0 Å². The third-order valence-electron chi connectivity index (χ3n) is 4.34. The van der Waals surface area contributed by atoms with Gasteiger partial charge in [0.15, 0.2) is 0 Å². The van der Waals surface area contributed by atoms with Crippen LogP contribution in [-0.2, 0) is 6.61 Å². The van der Waals surface area contributed by atoms with Gasteiger partial charge in [-0.1, -0.05) is 12.1 Å². The molecule has 2 aromatic rings. The van der Waals surface area contributed by atoms with Gasteiger partial charge in [-0.25, -0.2) is 0 Å². The lowest BCUT2D eigenvalue weighted by Crippen LogP contribution is -2.50. The Labute approximate surface area is 175 Å². The lowest BCUT2D eigenvalue weighted by molar-refractivity contribution is -0.193. The highest BCUT2D eigenvalue weighted by Gasteiger charge is 2.55. The van der Waals surface area contributed by atoms with Crippen molar-refractivity contribution in [1.29, 1.82) is 0 Å². The molecule has 2 rings (SSSR count). The molecule has 170 valence electrons. The number of carbonyl (C=O) groups excluding carboxylic acids is 1. The largest absolute Gasteiger partial charge is 0.497 e. The van der Waals surface area contributed by atoms with Crippen LogP contribution in [0.25, 0.3) is 0 Å². The fourth-order valence-corrected chi connectivity index (χ4v) is 2.50. The maximum absolute atomic E-state index is 13.9. The Kier molecular flexibility index (Phi) is 7.52. The summed E-state index contributed by atoms with van der Waals surface area (Å²) in [6.07, 6.45) is 0. The number of carbonyl (C=O) groups is 1. The molecule has 0 aliphatic heterocycles. The van der Waals surface area contributed by atoms with Crippen molar-refractivity contribution in [3.63, 3.8) is 0 Å². The molecular formula is C19H22F4N4O4. The maximum Gasteiger partial charge on any atom is 0.328 e. The quantitative estimate of drug-likeness (QED) is 0.265. The van der Waals surface area contributed by atoms with E-state index in [1.165, 1.54) is 7.11 Å². The van der Waals surface area contributed by atoms with Crippen LogP contribution in [0.5, 0.6) is 11.5 Å². The fourth-order valence-electron chi connectivity index (χ4n) is 2.50. The van der Waals surface area contributed by atoms with Crippen molar-refractivity contribution in [2.45, 2.75) is 18.5 Å². The molecule has 0 spiro atoms. The number of nitrogens with one attached hydrogen (secondary N) is 2. The predicted octanol–water partition coefficient (Wildman–Crippen LogP) is 2.82. The molecule has 0 aliphatic rings. The third kappa shape index (κ3) is 5.67. The molecule has 0 radical (unpaired) electrons. The molecule has 7 N–H and O–H groups in total. The first-order valence-electron chi connectivity index (χ1n) is 8.88. The molecule has 12 heteroatoms. The lowest BCUT2D eigenvalue weighted by atomic mass is 10.1. The summed E-state index contributed by atoms with van der Waals surface area (Å²) in [5, 5.41) is 11.5. The molecule has 1 amide bonds. The van der Waals surface area contributed by atoms with Crippen LogP contribution in [0.3, 0.4) is 0 Å². The van der Waals surface area contributed by atoms with Crippen LogP contribution in [0.2, 0.25) is 0 Å². The van der Waals surface area contributed by atoms with Crippen LogP contribution < -0.4 is 31.7 Å². The maximum atomic E-state index is 13.9. The Hall–Kier alpha value is -3.25. The number of anilines is 2. The van der Waals surface area contributed by atoms with Gasteiger partial charge in [-0.05, 0) is 29.8 Å². The van der Waals surface area contributed by atoms with E-state index in [1.807, 2.05) is 0 Å². The molecule has 2 aromatic carbocycles. The Balaban J connectivity index is 2.34. The molecule has 0 saturated heterocycles. The average Bonchev–Trinajstić information content (AvgIpc) is 2.75. The minimum absolute atomic E-state index is 0.0822. The lowest BCUT2D eigenvalue weighted by Gasteiger charge is -2.27. The van der Waals surface area contributed by atoms with Crippen molar-refractivity contribution in [3.05, 3.63) is 47.5 Å². The van der Waals surface area contributed by atoms with Crippen LogP contribution in [0, 0.1) is 0 Å². The van der Waals surface area contributed by atoms with Crippen LogP contribution >= 0.6 is 0 Å². The first-order chi connectivity index (χ1) is 14.5. The smallest absolute Gasteiger partial charge is 0.328 e. The van der Waals surface area contributed by atoms with Crippen LogP contribution in [0.1, 0.15) is 15.9 Å². The minimum atomic E-state index is -4.51. The van der Waals surface area contributed by atoms with E-state index in [9.17, 15) is 27.6 Å². The van der Waals surface area contributed by atoms with E-state index in [0.717, 1.165) is 12.1 Å². The number of hydrogen-bond donors (Lipinski definition) is 5. The third-order valence-corrected chi connectivity index (χ3v) is 4.34. The van der Waals surface area contributed by atoms with Crippen molar-refractivity contribution in [2.24, 2.45) is 11.5 Å². The molecule has 0 saturated carbocycles. The summed E-state index contributed by atoms with van der Waals surface area (Å²) in [5.41, 5.74) is 11.7. The van der Waals surface area contributed by atoms with Gasteiger partial charge >= 0.3 is 11.8 Å². The molecule has 0 unspecified atom stereocenters. The van der Waals surface area contributed by atoms with Crippen LogP contribution in [0.15, 0.2) is 36.4 Å².